The molecule has 0 aliphatic heterocycles. The average molecular weight is 611 g/mol. The van der Waals surface area contributed by atoms with Crippen molar-refractivity contribution < 1.29 is 0 Å². The van der Waals surface area contributed by atoms with Gasteiger partial charge in [-0.3, -0.25) is 0 Å². The molecule has 0 N–H and O–H groups in total. The molecule has 0 saturated heterocycles. The lowest BCUT2D eigenvalue weighted by molar-refractivity contribution is 0.299. The van der Waals surface area contributed by atoms with Gasteiger partial charge in [0.25, 0.3) is 0 Å². The first-order valence-corrected chi connectivity index (χ1v) is 20.8. The van der Waals surface area contributed by atoms with Gasteiger partial charge >= 0.3 is 0 Å². The molecule has 258 valence electrons. The zero-order chi connectivity index (χ0) is 31.7. The molecule has 0 aromatic heterocycles. The van der Waals surface area contributed by atoms with Gasteiger partial charge in [0, 0.05) is 0 Å². The van der Waals surface area contributed by atoms with Crippen LogP contribution in [0.5, 0.6) is 0 Å². The van der Waals surface area contributed by atoms with E-state index < -0.39 is 0 Å². The summed E-state index contributed by atoms with van der Waals surface area (Å²) in [5, 5.41) is 0. The number of rotatable bonds is 35. The van der Waals surface area contributed by atoms with Crippen LogP contribution in [0.4, 0.5) is 0 Å². The molecule has 0 heteroatoms. The first-order chi connectivity index (χ1) is 21.8. The van der Waals surface area contributed by atoms with Gasteiger partial charge in [-0.2, -0.15) is 0 Å². The minimum Gasteiger partial charge on any atom is -0.0654 e. The smallest absolute Gasteiger partial charge is 0.00470 e. The number of unbranched alkanes of at least 4 members (excludes halogenated alkanes) is 28. The summed E-state index contributed by atoms with van der Waals surface area (Å²) in [6.45, 7) is 6.97. The van der Waals surface area contributed by atoms with Crippen molar-refractivity contribution in [3.05, 3.63) is 35.9 Å². The van der Waals surface area contributed by atoms with E-state index in [4.69, 9.17) is 0 Å². The number of hydrogen-bond acceptors (Lipinski definition) is 0. The second-order valence-corrected chi connectivity index (χ2v) is 14.8. The van der Waals surface area contributed by atoms with Crippen LogP contribution in [0.15, 0.2) is 30.3 Å². The van der Waals surface area contributed by atoms with Gasteiger partial charge in [0.15, 0.2) is 0 Å². The van der Waals surface area contributed by atoms with Crippen LogP contribution in [0.25, 0.3) is 0 Å². The Morgan fingerprint density at radius 2 is 0.523 bits per heavy atom. The van der Waals surface area contributed by atoms with E-state index in [0.29, 0.717) is 5.41 Å². The molecule has 1 aromatic carbocycles. The summed E-state index contributed by atoms with van der Waals surface area (Å²) in [4.78, 5) is 0. The predicted octanol–water partition coefficient (Wildman–Crippen LogP) is 16.2. The van der Waals surface area contributed by atoms with Crippen LogP contribution in [0.3, 0.4) is 0 Å². The van der Waals surface area contributed by atoms with Crippen LogP contribution in [0.2, 0.25) is 0 Å². The van der Waals surface area contributed by atoms with E-state index in [-0.39, 0.29) is 0 Å². The van der Waals surface area contributed by atoms with Gasteiger partial charge in [-0.1, -0.05) is 250 Å². The molecule has 0 aliphatic rings. The van der Waals surface area contributed by atoms with E-state index in [2.05, 4.69) is 51.1 Å². The van der Waals surface area contributed by atoms with Gasteiger partial charge in [0.1, 0.15) is 0 Å². The molecule has 0 aliphatic carbocycles. The van der Waals surface area contributed by atoms with Gasteiger partial charge in [-0.25, -0.2) is 0 Å². The highest BCUT2D eigenvalue weighted by Gasteiger charge is 2.30. The zero-order valence-electron chi connectivity index (χ0n) is 30.9. The summed E-state index contributed by atoms with van der Waals surface area (Å²) >= 11 is 0. The number of hydrogen-bond donors (Lipinski definition) is 0. The van der Waals surface area contributed by atoms with Crippen LogP contribution in [0.1, 0.15) is 245 Å². The highest BCUT2D eigenvalue weighted by atomic mass is 14.3. The Bertz CT molecular complexity index is 662. The van der Waals surface area contributed by atoms with Crippen molar-refractivity contribution >= 4 is 0 Å². The van der Waals surface area contributed by atoms with Crippen LogP contribution in [-0.4, -0.2) is 0 Å². The molecule has 0 saturated carbocycles. The molecule has 0 nitrogen and oxygen atoms in total. The first kappa shape index (κ1) is 41.2. The molecule has 0 spiro atoms. The third kappa shape index (κ3) is 23.5. The fraction of sp³-hybridized carbons (Fsp3) is 0.864. The summed E-state index contributed by atoms with van der Waals surface area (Å²) in [5.41, 5.74) is 2.08. The van der Waals surface area contributed by atoms with E-state index in [1.165, 1.54) is 218 Å². The Balaban J connectivity index is 2.42. The summed E-state index contributed by atoms with van der Waals surface area (Å²) in [7, 11) is 0. The summed E-state index contributed by atoms with van der Waals surface area (Å²) in [5.74, 6) is 0. The summed E-state index contributed by atoms with van der Waals surface area (Å²) in [6, 6.07) is 11.8. The number of benzene rings is 1. The molecule has 1 unspecified atom stereocenters. The van der Waals surface area contributed by atoms with Crippen molar-refractivity contribution in [3.8, 4) is 0 Å². The second-order valence-electron chi connectivity index (χ2n) is 14.8. The monoisotopic (exact) mass is 611 g/mol. The minimum atomic E-state index is 0.420. The van der Waals surface area contributed by atoms with E-state index in [9.17, 15) is 0 Å². The lowest BCUT2D eigenvalue weighted by Crippen LogP contribution is -2.26. The van der Waals surface area contributed by atoms with Crippen molar-refractivity contribution in [2.75, 3.05) is 0 Å². The molecule has 0 bridgehead atoms. The van der Waals surface area contributed by atoms with Gasteiger partial charge in [-0.15, -0.1) is 0 Å². The fourth-order valence-electron chi connectivity index (χ4n) is 7.63. The van der Waals surface area contributed by atoms with Crippen molar-refractivity contribution in [2.24, 2.45) is 0 Å². The molecule has 1 rings (SSSR count). The molecule has 0 radical (unpaired) electrons. The molecule has 1 aromatic rings. The average Bonchev–Trinajstić information content (AvgIpc) is 3.05. The lowest BCUT2D eigenvalue weighted by Gasteiger charge is -2.35. The standard InChI is InChI=1S/C44H82/c1-4-7-10-13-16-18-19-20-21-22-23-24-25-28-31-37-42-44(43-38-33-32-34-39-43,40-35-29-26-15-12-9-6-3)41-36-30-27-17-14-11-8-5-2/h32-34,38-39H,4-31,35-37,40-42H2,1-3H3. The van der Waals surface area contributed by atoms with Crippen molar-refractivity contribution in [1.29, 1.82) is 0 Å². The molecule has 0 amide bonds. The van der Waals surface area contributed by atoms with Crippen LogP contribution < -0.4 is 0 Å². The Morgan fingerprint density at radius 3 is 0.773 bits per heavy atom. The molecule has 1 atom stereocenters. The highest BCUT2D eigenvalue weighted by molar-refractivity contribution is 5.25. The largest absolute Gasteiger partial charge is 0.0654 e. The van der Waals surface area contributed by atoms with E-state index >= 15 is 0 Å². The quantitative estimate of drug-likeness (QED) is 0.0671. The molecule has 0 fully saturated rings. The Hall–Kier alpha value is -0.780. The first-order valence-electron chi connectivity index (χ1n) is 20.8. The van der Waals surface area contributed by atoms with Crippen LogP contribution in [-0.2, 0) is 5.41 Å². The molecular formula is C44H82. The van der Waals surface area contributed by atoms with Crippen molar-refractivity contribution in [3.63, 3.8) is 0 Å². The molecule has 0 heterocycles. The topological polar surface area (TPSA) is 0 Å². The summed E-state index contributed by atoms with van der Waals surface area (Å²) in [6.07, 6.45) is 49.0. The predicted molar refractivity (Wildman–Crippen MR) is 202 cm³/mol. The minimum absolute atomic E-state index is 0.420. The van der Waals surface area contributed by atoms with Gasteiger partial charge in [0.05, 0.1) is 0 Å². The zero-order valence-corrected chi connectivity index (χ0v) is 30.9. The Morgan fingerprint density at radius 1 is 0.295 bits per heavy atom. The van der Waals surface area contributed by atoms with E-state index in [1.807, 2.05) is 0 Å². The molecule has 44 heavy (non-hydrogen) atoms. The van der Waals surface area contributed by atoms with Crippen molar-refractivity contribution in [2.45, 2.75) is 244 Å². The maximum Gasteiger partial charge on any atom is -0.00470 e. The SMILES string of the molecule is CCCCCCCCCCCCCCCCCCC(CCCCCCCCC)(CCCCCCCCCC)c1ccccc1. The Kier molecular flexibility index (Phi) is 30.2. The Labute approximate surface area is 279 Å². The second kappa shape index (κ2) is 32.2. The van der Waals surface area contributed by atoms with Crippen molar-refractivity contribution in [1.82, 2.24) is 0 Å². The maximum absolute atomic E-state index is 2.48. The van der Waals surface area contributed by atoms with Crippen LogP contribution >= 0.6 is 0 Å². The van der Waals surface area contributed by atoms with E-state index in [0.717, 1.165) is 0 Å². The fourth-order valence-corrected chi connectivity index (χ4v) is 7.63. The van der Waals surface area contributed by atoms with Gasteiger partial charge in [0.2, 0.25) is 0 Å². The maximum atomic E-state index is 2.48. The third-order valence-electron chi connectivity index (χ3n) is 10.7. The van der Waals surface area contributed by atoms with Crippen LogP contribution in [0, 0.1) is 0 Å². The van der Waals surface area contributed by atoms with E-state index in [1.54, 1.807) is 5.56 Å². The molecular weight excluding hydrogens is 528 g/mol. The normalized spacial score (nSPS) is 13.0. The van der Waals surface area contributed by atoms with Gasteiger partial charge in [-0.05, 0) is 30.2 Å². The van der Waals surface area contributed by atoms with Gasteiger partial charge < -0.3 is 0 Å². The lowest BCUT2D eigenvalue weighted by atomic mass is 9.69. The highest BCUT2D eigenvalue weighted by Crippen LogP contribution is 2.41. The third-order valence-corrected chi connectivity index (χ3v) is 10.7. The summed E-state index contributed by atoms with van der Waals surface area (Å²) < 4.78 is 0.